The van der Waals surface area contributed by atoms with Crippen LogP contribution in [0.15, 0.2) is 35.6 Å². The van der Waals surface area contributed by atoms with Crippen molar-refractivity contribution in [2.24, 2.45) is 28.6 Å². The summed E-state index contributed by atoms with van der Waals surface area (Å²) in [6, 6.07) is 0. The molecule has 3 fully saturated rings. The van der Waals surface area contributed by atoms with Crippen LogP contribution in [0.25, 0.3) is 0 Å². The Hall–Kier alpha value is -1.31. The number of hydrogen-bond acceptors (Lipinski definition) is 2. The van der Waals surface area contributed by atoms with E-state index in [0.717, 1.165) is 50.7 Å². The minimum absolute atomic E-state index is 0.0946. The molecule has 0 aromatic heterocycles. The van der Waals surface area contributed by atoms with Gasteiger partial charge in [0.25, 0.3) is 0 Å². The highest BCUT2D eigenvalue weighted by molar-refractivity contribution is 6.01. The maximum Gasteiger partial charge on any atom is 0.178 e. The van der Waals surface area contributed by atoms with Crippen LogP contribution in [0.2, 0.25) is 0 Å². The second-order valence-corrected chi connectivity index (χ2v) is 9.43. The van der Waals surface area contributed by atoms with Gasteiger partial charge in [-0.3, -0.25) is 4.79 Å². The van der Waals surface area contributed by atoms with Crippen molar-refractivity contribution in [2.75, 3.05) is 0 Å². The van der Waals surface area contributed by atoms with Gasteiger partial charge < -0.3 is 4.74 Å². The molecule has 0 aromatic carbocycles. The van der Waals surface area contributed by atoms with Crippen molar-refractivity contribution in [3.05, 3.63) is 35.6 Å². The van der Waals surface area contributed by atoms with Gasteiger partial charge in [0.15, 0.2) is 5.78 Å². The number of ketones is 1. The molecule has 5 aliphatic rings. The average molecular weight is 356 g/mol. The monoisotopic (exact) mass is 355 g/mol. The third-order valence-corrected chi connectivity index (χ3v) is 8.18. The van der Waals surface area contributed by atoms with Crippen molar-refractivity contribution in [1.29, 1.82) is 0 Å². The number of fused-ring (bicyclic) bond motifs is 5. The standard InChI is InChI=1S/C24H32O2/c1-23-13-11-17(25)15-16(23)7-8-19-20-9-10-22(26-18-5-3-4-6-18)24(20,2)14-12-21(19)23/h5,11,13,15,19-22H,3-4,6-10,12,14H2,1-2H3/t19-,20-,21-,22-,23-,24-/m0/s1/i10D2,22D. The van der Waals surface area contributed by atoms with Crippen molar-refractivity contribution in [3.63, 3.8) is 0 Å². The minimum Gasteiger partial charge on any atom is -0.495 e. The average Bonchev–Trinajstić information content (AvgIpc) is 3.21. The molecule has 0 N–H and O–H groups in total. The molecular weight excluding hydrogens is 320 g/mol. The lowest BCUT2D eigenvalue weighted by Crippen LogP contribution is -2.50. The highest BCUT2D eigenvalue weighted by Gasteiger charge is 2.59. The highest BCUT2D eigenvalue weighted by atomic mass is 16.5. The van der Waals surface area contributed by atoms with E-state index in [1.165, 1.54) is 5.57 Å². The summed E-state index contributed by atoms with van der Waals surface area (Å²) >= 11 is 0. The number of allylic oxidation sites excluding steroid dienone is 6. The van der Waals surface area contributed by atoms with Crippen LogP contribution >= 0.6 is 0 Å². The number of carbonyl (C=O) groups excluding carboxylic acids is 1. The molecule has 0 aromatic rings. The third kappa shape index (κ3) is 2.33. The lowest BCUT2D eigenvalue weighted by atomic mass is 9.48. The first-order valence-electron chi connectivity index (χ1n) is 11.9. The first-order valence-corrected chi connectivity index (χ1v) is 10.4. The van der Waals surface area contributed by atoms with Gasteiger partial charge >= 0.3 is 0 Å². The maximum atomic E-state index is 11.9. The molecule has 0 bridgehead atoms. The van der Waals surface area contributed by atoms with Gasteiger partial charge in [-0.25, -0.2) is 0 Å². The molecule has 0 spiro atoms. The Kier molecular flexibility index (Phi) is 3.10. The van der Waals surface area contributed by atoms with E-state index in [0.29, 0.717) is 18.3 Å². The van der Waals surface area contributed by atoms with Crippen LogP contribution in [-0.2, 0) is 9.53 Å². The zero-order valence-electron chi connectivity index (χ0n) is 19.0. The van der Waals surface area contributed by atoms with E-state index < -0.39 is 17.9 Å². The van der Waals surface area contributed by atoms with Gasteiger partial charge in [-0.2, -0.15) is 0 Å². The van der Waals surface area contributed by atoms with Gasteiger partial charge in [-0.1, -0.05) is 25.5 Å². The van der Waals surface area contributed by atoms with Gasteiger partial charge in [0.2, 0.25) is 0 Å². The van der Waals surface area contributed by atoms with Crippen LogP contribution in [0, 0.1) is 28.6 Å². The highest BCUT2D eigenvalue weighted by Crippen LogP contribution is 2.65. The van der Waals surface area contributed by atoms with Crippen molar-refractivity contribution in [3.8, 4) is 0 Å². The van der Waals surface area contributed by atoms with Gasteiger partial charge in [-0.05, 0) is 87.3 Å². The Balaban J connectivity index is 1.51. The molecule has 6 atom stereocenters. The summed E-state index contributed by atoms with van der Waals surface area (Å²) in [6.07, 6.45) is 11.4. The Morgan fingerprint density at radius 3 is 2.92 bits per heavy atom. The molecule has 0 unspecified atom stereocenters. The fraction of sp³-hybridized carbons (Fsp3) is 0.708. The summed E-state index contributed by atoms with van der Waals surface area (Å²) in [7, 11) is 0. The predicted octanol–water partition coefficient (Wildman–Crippen LogP) is 5.75. The molecule has 0 saturated heterocycles. The topological polar surface area (TPSA) is 26.3 Å². The molecular formula is C24H32O2. The van der Waals surface area contributed by atoms with E-state index in [-0.39, 0.29) is 17.1 Å². The number of ether oxygens (including phenoxy) is 1. The second-order valence-electron chi connectivity index (χ2n) is 9.43. The van der Waals surface area contributed by atoms with E-state index in [1.807, 2.05) is 6.08 Å². The fourth-order valence-electron chi connectivity index (χ4n) is 6.60. The summed E-state index contributed by atoms with van der Waals surface area (Å²) in [5, 5.41) is 0. The first kappa shape index (κ1) is 13.8. The molecule has 5 rings (SSSR count). The normalized spacial score (nSPS) is 53.4. The van der Waals surface area contributed by atoms with Gasteiger partial charge in [-0.15, -0.1) is 0 Å². The molecule has 5 aliphatic carbocycles. The number of carbonyl (C=O) groups is 1. The Morgan fingerprint density at radius 2 is 2.12 bits per heavy atom. The molecule has 3 saturated carbocycles. The van der Waals surface area contributed by atoms with E-state index in [9.17, 15) is 6.17 Å². The van der Waals surface area contributed by atoms with E-state index in [4.69, 9.17) is 7.48 Å². The molecule has 0 heterocycles. The summed E-state index contributed by atoms with van der Waals surface area (Å²) in [4.78, 5) is 11.9. The molecule has 140 valence electrons. The van der Waals surface area contributed by atoms with Crippen LogP contribution in [0.3, 0.4) is 0 Å². The second kappa shape index (κ2) is 5.84. The Morgan fingerprint density at radius 1 is 1.23 bits per heavy atom. The molecule has 2 heteroatoms. The van der Waals surface area contributed by atoms with E-state index in [1.54, 1.807) is 6.08 Å². The molecule has 26 heavy (non-hydrogen) atoms. The van der Waals surface area contributed by atoms with E-state index >= 15 is 0 Å². The molecule has 0 aliphatic heterocycles. The van der Waals surface area contributed by atoms with Gasteiger partial charge in [0.05, 0.1) is 7.13 Å². The lowest BCUT2D eigenvalue weighted by molar-refractivity contribution is -0.111. The van der Waals surface area contributed by atoms with E-state index in [2.05, 4.69) is 26.0 Å². The number of rotatable bonds is 2. The molecule has 2 nitrogen and oxygen atoms in total. The van der Waals surface area contributed by atoms with Crippen LogP contribution < -0.4 is 0 Å². The summed E-state index contributed by atoms with van der Waals surface area (Å²) in [5.41, 5.74) is 0.653. The zero-order valence-corrected chi connectivity index (χ0v) is 16.0. The van der Waals surface area contributed by atoms with Crippen molar-refractivity contribution >= 4 is 5.78 Å². The Bertz CT molecular complexity index is 843. The van der Waals surface area contributed by atoms with Crippen LogP contribution in [0.1, 0.15) is 75.7 Å². The predicted molar refractivity (Wildman–Crippen MR) is 103 cm³/mol. The minimum atomic E-state index is -1.67. The lowest BCUT2D eigenvalue weighted by Gasteiger charge is -2.56. The number of hydrogen-bond donors (Lipinski definition) is 0. The first-order chi connectivity index (χ1) is 13.6. The molecule has 0 radical (unpaired) electrons. The maximum absolute atomic E-state index is 11.9. The smallest absolute Gasteiger partial charge is 0.178 e. The quantitative estimate of drug-likeness (QED) is 0.630. The van der Waals surface area contributed by atoms with Crippen LogP contribution in [0.4, 0.5) is 0 Å². The largest absolute Gasteiger partial charge is 0.495 e. The van der Waals surface area contributed by atoms with Crippen molar-refractivity contribution in [1.82, 2.24) is 0 Å². The van der Waals surface area contributed by atoms with Gasteiger partial charge in [0.1, 0.15) is 6.08 Å². The summed E-state index contributed by atoms with van der Waals surface area (Å²) in [5.74, 6) is 1.84. The summed E-state index contributed by atoms with van der Waals surface area (Å²) < 4.78 is 33.3. The third-order valence-electron chi connectivity index (χ3n) is 8.18. The van der Waals surface area contributed by atoms with Crippen molar-refractivity contribution < 1.29 is 13.6 Å². The SMILES string of the molecule is [2H]C1([2H])C[C@H]2[C@@H]3CCC4=CC(=O)C=C[C@]4(C)[C@H]3CC[C@]2(C)[C@@]1([2H])OC1=CCCC1. The zero-order chi connectivity index (χ0) is 20.7. The van der Waals surface area contributed by atoms with Crippen LogP contribution in [0.5, 0.6) is 0 Å². The van der Waals surface area contributed by atoms with Crippen LogP contribution in [-0.4, -0.2) is 11.9 Å². The van der Waals surface area contributed by atoms with Gasteiger partial charge in [0, 0.05) is 20.0 Å². The molecule has 0 amide bonds. The summed E-state index contributed by atoms with van der Waals surface area (Å²) in [6.45, 7) is 4.38. The van der Waals surface area contributed by atoms with Crippen molar-refractivity contribution in [2.45, 2.75) is 77.7 Å². The fourth-order valence-corrected chi connectivity index (χ4v) is 6.60. The Labute approximate surface area is 162 Å².